The SMILES string of the molecule is O=C(CSc1ccc(F)cc1)N1CCCN(Cc2ccccn2)CC1. The molecule has 1 aliphatic heterocycles. The molecule has 0 bridgehead atoms. The molecular formula is C19H22FN3OS. The number of aromatic nitrogens is 1. The van der Waals surface area contributed by atoms with Crippen LogP contribution in [-0.4, -0.2) is 52.6 Å². The van der Waals surface area contributed by atoms with Crippen LogP contribution in [0.2, 0.25) is 0 Å². The molecule has 132 valence electrons. The van der Waals surface area contributed by atoms with Crippen molar-refractivity contribution in [3.63, 3.8) is 0 Å². The number of nitrogens with zero attached hydrogens (tertiary/aromatic N) is 3. The molecule has 0 atom stereocenters. The summed E-state index contributed by atoms with van der Waals surface area (Å²) in [7, 11) is 0. The van der Waals surface area contributed by atoms with Crippen molar-refractivity contribution in [3.05, 3.63) is 60.2 Å². The van der Waals surface area contributed by atoms with Gasteiger partial charge in [-0.1, -0.05) is 6.07 Å². The van der Waals surface area contributed by atoms with Gasteiger partial charge in [-0.3, -0.25) is 14.7 Å². The van der Waals surface area contributed by atoms with Gasteiger partial charge in [0.05, 0.1) is 11.4 Å². The predicted molar refractivity (Wildman–Crippen MR) is 97.8 cm³/mol. The monoisotopic (exact) mass is 359 g/mol. The normalized spacial score (nSPS) is 15.8. The summed E-state index contributed by atoms with van der Waals surface area (Å²) in [5.74, 6) is 0.288. The number of hydrogen-bond acceptors (Lipinski definition) is 4. The second-order valence-electron chi connectivity index (χ2n) is 6.07. The average Bonchev–Trinajstić information content (AvgIpc) is 2.87. The maximum absolute atomic E-state index is 12.9. The van der Waals surface area contributed by atoms with Crippen LogP contribution in [0.15, 0.2) is 53.6 Å². The number of hydrogen-bond donors (Lipinski definition) is 0. The largest absolute Gasteiger partial charge is 0.341 e. The summed E-state index contributed by atoms with van der Waals surface area (Å²) < 4.78 is 12.9. The number of carbonyl (C=O) groups excluding carboxylic acids is 1. The zero-order valence-corrected chi connectivity index (χ0v) is 14.9. The molecule has 0 N–H and O–H groups in total. The smallest absolute Gasteiger partial charge is 0.232 e. The van der Waals surface area contributed by atoms with Crippen molar-refractivity contribution >= 4 is 17.7 Å². The summed E-state index contributed by atoms with van der Waals surface area (Å²) >= 11 is 1.46. The van der Waals surface area contributed by atoms with Gasteiger partial charge in [0.15, 0.2) is 0 Å². The zero-order chi connectivity index (χ0) is 17.5. The van der Waals surface area contributed by atoms with E-state index in [2.05, 4.69) is 9.88 Å². The highest BCUT2D eigenvalue weighted by atomic mass is 32.2. The highest BCUT2D eigenvalue weighted by molar-refractivity contribution is 8.00. The van der Waals surface area contributed by atoms with Crippen LogP contribution in [0, 0.1) is 5.82 Å². The Morgan fingerprint density at radius 2 is 1.92 bits per heavy atom. The van der Waals surface area contributed by atoms with E-state index in [4.69, 9.17) is 0 Å². The van der Waals surface area contributed by atoms with Crippen molar-refractivity contribution in [2.45, 2.75) is 17.9 Å². The fourth-order valence-corrected chi connectivity index (χ4v) is 3.67. The summed E-state index contributed by atoms with van der Waals surface area (Å²) in [5, 5.41) is 0. The number of carbonyl (C=O) groups is 1. The summed E-state index contributed by atoms with van der Waals surface area (Å²) in [6, 6.07) is 12.2. The van der Waals surface area contributed by atoms with Crippen LogP contribution in [0.25, 0.3) is 0 Å². The van der Waals surface area contributed by atoms with Crippen molar-refractivity contribution in [2.24, 2.45) is 0 Å². The molecule has 0 saturated carbocycles. The van der Waals surface area contributed by atoms with Crippen LogP contribution in [0.5, 0.6) is 0 Å². The van der Waals surface area contributed by atoms with Gasteiger partial charge in [0, 0.05) is 43.8 Å². The topological polar surface area (TPSA) is 36.4 Å². The van der Waals surface area contributed by atoms with E-state index in [9.17, 15) is 9.18 Å². The summed E-state index contributed by atoms with van der Waals surface area (Å²) in [5.41, 5.74) is 1.06. The zero-order valence-electron chi connectivity index (χ0n) is 14.1. The first-order chi connectivity index (χ1) is 12.2. The van der Waals surface area contributed by atoms with Gasteiger partial charge in [-0.05, 0) is 42.8 Å². The molecule has 0 spiro atoms. The van der Waals surface area contributed by atoms with E-state index >= 15 is 0 Å². The Morgan fingerprint density at radius 3 is 2.68 bits per heavy atom. The molecule has 1 saturated heterocycles. The predicted octanol–water partition coefficient (Wildman–Crippen LogP) is 3.05. The first-order valence-electron chi connectivity index (χ1n) is 8.49. The van der Waals surface area contributed by atoms with E-state index in [1.54, 1.807) is 12.1 Å². The van der Waals surface area contributed by atoms with E-state index in [0.29, 0.717) is 5.75 Å². The third kappa shape index (κ3) is 5.54. The summed E-state index contributed by atoms with van der Waals surface area (Å²) in [4.78, 5) is 22.0. The molecule has 0 unspecified atom stereocenters. The minimum atomic E-state index is -0.254. The van der Waals surface area contributed by atoms with Crippen LogP contribution < -0.4 is 0 Å². The number of thioether (sulfide) groups is 1. The molecule has 25 heavy (non-hydrogen) atoms. The van der Waals surface area contributed by atoms with Crippen LogP contribution in [-0.2, 0) is 11.3 Å². The van der Waals surface area contributed by atoms with E-state index < -0.39 is 0 Å². The van der Waals surface area contributed by atoms with Gasteiger partial charge < -0.3 is 4.90 Å². The first-order valence-corrected chi connectivity index (χ1v) is 9.48. The van der Waals surface area contributed by atoms with Crippen molar-refractivity contribution in [1.82, 2.24) is 14.8 Å². The van der Waals surface area contributed by atoms with E-state index in [0.717, 1.165) is 49.7 Å². The number of halogens is 1. The van der Waals surface area contributed by atoms with Crippen molar-refractivity contribution < 1.29 is 9.18 Å². The lowest BCUT2D eigenvalue weighted by atomic mass is 10.3. The number of rotatable bonds is 5. The van der Waals surface area contributed by atoms with Crippen LogP contribution in [0.3, 0.4) is 0 Å². The van der Waals surface area contributed by atoms with Gasteiger partial charge >= 0.3 is 0 Å². The summed E-state index contributed by atoms with van der Waals surface area (Å²) in [6.07, 6.45) is 2.79. The minimum Gasteiger partial charge on any atom is -0.341 e. The fraction of sp³-hybridized carbons (Fsp3) is 0.368. The van der Waals surface area contributed by atoms with E-state index in [1.807, 2.05) is 29.3 Å². The van der Waals surface area contributed by atoms with Gasteiger partial charge in [0.1, 0.15) is 5.82 Å². The molecule has 1 aromatic heterocycles. The highest BCUT2D eigenvalue weighted by Crippen LogP contribution is 2.19. The van der Waals surface area contributed by atoms with Gasteiger partial charge in [0.2, 0.25) is 5.91 Å². The maximum atomic E-state index is 12.9. The van der Waals surface area contributed by atoms with E-state index in [1.165, 1.54) is 23.9 Å². The molecule has 6 heteroatoms. The standard InChI is InChI=1S/C19H22FN3OS/c20-16-5-7-18(8-6-16)25-15-19(24)23-11-3-10-22(12-13-23)14-17-4-1-2-9-21-17/h1-2,4-9H,3,10-15H2. The molecule has 4 nitrogen and oxygen atoms in total. The quantitative estimate of drug-likeness (QED) is 0.769. The molecule has 1 aliphatic rings. The first kappa shape index (κ1) is 17.9. The van der Waals surface area contributed by atoms with Gasteiger partial charge in [-0.2, -0.15) is 0 Å². The summed E-state index contributed by atoms with van der Waals surface area (Å²) in [6.45, 7) is 4.21. The average molecular weight is 359 g/mol. The molecule has 1 amide bonds. The molecule has 0 aliphatic carbocycles. The molecule has 1 fully saturated rings. The molecule has 3 rings (SSSR count). The lowest BCUT2D eigenvalue weighted by Crippen LogP contribution is -2.36. The van der Waals surface area contributed by atoms with Crippen molar-refractivity contribution in [2.75, 3.05) is 31.9 Å². The number of amides is 1. The lowest BCUT2D eigenvalue weighted by molar-refractivity contribution is -0.128. The Kier molecular flexibility index (Phi) is 6.42. The third-order valence-electron chi connectivity index (χ3n) is 4.23. The molecule has 2 heterocycles. The highest BCUT2D eigenvalue weighted by Gasteiger charge is 2.19. The third-order valence-corrected chi connectivity index (χ3v) is 5.23. The van der Waals surface area contributed by atoms with Gasteiger partial charge in [-0.15, -0.1) is 11.8 Å². The minimum absolute atomic E-state index is 0.147. The Morgan fingerprint density at radius 1 is 1.08 bits per heavy atom. The van der Waals surface area contributed by atoms with Crippen LogP contribution in [0.1, 0.15) is 12.1 Å². The van der Waals surface area contributed by atoms with Crippen molar-refractivity contribution in [1.29, 1.82) is 0 Å². The molecule has 2 aromatic rings. The maximum Gasteiger partial charge on any atom is 0.232 e. The van der Waals surface area contributed by atoms with Crippen LogP contribution in [0.4, 0.5) is 4.39 Å². The van der Waals surface area contributed by atoms with Crippen molar-refractivity contribution in [3.8, 4) is 0 Å². The molecule has 1 aromatic carbocycles. The lowest BCUT2D eigenvalue weighted by Gasteiger charge is -2.21. The Bertz CT molecular complexity index is 681. The Hall–Kier alpha value is -1.92. The molecular weight excluding hydrogens is 337 g/mol. The van der Waals surface area contributed by atoms with Gasteiger partial charge in [0.25, 0.3) is 0 Å². The second kappa shape index (κ2) is 8.97. The van der Waals surface area contributed by atoms with Crippen LogP contribution >= 0.6 is 11.8 Å². The molecule has 0 radical (unpaired) electrons. The Balaban J connectivity index is 1.47. The number of benzene rings is 1. The van der Waals surface area contributed by atoms with Gasteiger partial charge in [-0.25, -0.2) is 4.39 Å². The second-order valence-corrected chi connectivity index (χ2v) is 7.12. The fourth-order valence-electron chi connectivity index (χ4n) is 2.87. The van der Waals surface area contributed by atoms with E-state index in [-0.39, 0.29) is 11.7 Å². The Labute approximate surface area is 152 Å². The number of pyridine rings is 1.